The largest absolute Gasteiger partial charge is 0.379 e. The van der Waals surface area contributed by atoms with Crippen LogP contribution in [0.15, 0.2) is 0 Å². The first-order valence-corrected chi connectivity index (χ1v) is 10.7. The van der Waals surface area contributed by atoms with E-state index in [1.54, 1.807) is 33.4 Å². The quantitative estimate of drug-likeness (QED) is 0.734. The fourth-order valence-electron chi connectivity index (χ4n) is 5.53. The van der Waals surface area contributed by atoms with Crippen molar-refractivity contribution in [1.29, 1.82) is 0 Å². The van der Waals surface area contributed by atoms with Crippen molar-refractivity contribution in [2.75, 3.05) is 52.6 Å². The maximum absolute atomic E-state index is 5.57. The average molecular weight is 429 g/mol. The third-order valence-electron chi connectivity index (χ3n) is 6.86. The van der Waals surface area contributed by atoms with Gasteiger partial charge in [0, 0.05) is 39.3 Å². The molecule has 5 rings (SSSR count). The molecule has 0 radical (unpaired) electrons. The summed E-state index contributed by atoms with van der Waals surface area (Å²) in [4.78, 5) is 5.25. The molecule has 4 nitrogen and oxygen atoms in total. The van der Waals surface area contributed by atoms with Gasteiger partial charge in [0.1, 0.15) is 0 Å². The van der Waals surface area contributed by atoms with E-state index >= 15 is 0 Å². The summed E-state index contributed by atoms with van der Waals surface area (Å²) in [5, 5.41) is 0. The van der Waals surface area contributed by atoms with E-state index in [1.165, 1.54) is 38.5 Å². The molecule has 2 fully saturated rings. The van der Waals surface area contributed by atoms with Crippen LogP contribution in [0.25, 0.3) is 0 Å². The van der Waals surface area contributed by atoms with Crippen LogP contribution in [0.3, 0.4) is 0 Å². The van der Waals surface area contributed by atoms with E-state index in [-0.39, 0.29) is 24.8 Å². The number of ether oxygens (including phenoxy) is 2. The van der Waals surface area contributed by atoms with Crippen LogP contribution in [-0.4, -0.2) is 62.4 Å². The number of nitrogens with zero attached hydrogens (tertiary/aromatic N) is 2. The highest BCUT2D eigenvalue weighted by atomic mass is 35.5. The number of hydrogen-bond donors (Lipinski definition) is 0. The first-order chi connectivity index (χ1) is 12.9. The van der Waals surface area contributed by atoms with Gasteiger partial charge in [-0.1, -0.05) is 0 Å². The van der Waals surface area contributed by atoms with Crippen LogP contribution in [0, 0.1) is 0 Å². The molecule has 2 saturated heterocycles. The minimum absolute atomic E-state index is 0. The molecule has 158 valence electrons. The molecule has 0 aromatic heterocycles. The Labute approximate surface area is 181 Å². The van der Waals surface area contributed by atoms with Crippen LogP contribution in [-0.2, 0) is 48.2 Å². The van der Waals surface area contributed by atoms with Gasteiger partial charge in [0.15, 0.2) is 0 Å². The van der Waals surface area contributed by atoms with Gasteiger partial charge in [0.05, 0.1) is 26.4 Å². The first-order valence-electron chi connectivity index (χ1n) is 10.7. The van der Waals surface area contributed by atoms with Crippen LogP contribution < -0.4 is 0 Å². The Balaban J connectivity index is 0.00000112. The van der Waals surface area contributed by atoms with E-state index < -0.39 is 0 Å². The zero-order valence-electron chi connectivity index (χ0n) is 16.8. The maximum atomic E-state index is 5.57. The Bertz CT molecular complexity index is 581. The van der Waals surface area contributed by atoms with Gasteiger partial charge in [-0.05, 0) is 71.9 Å². The Morgan fingerprint density at radius 2 is 0.857 bits per heavy atom. The number of morpholine rings is 2. The lowest BCUT2D eigenvalue weighted by atomic mass is 9.88. The average Bonchev–Trinajstić information content (AvgIpc) is 3.36. The van der Waals surface area contributed by atoms with Gasteiger partial charge in [-0.3, -0.25) is 9.80 Å². The highest BCUT2D eigenvalue weighted by molar-refractivity contribution is 5.85. The minimum atomic E-state index is 0. The topological polar surface area (TPSA) is 24.9 Å². The highest BCUT2D eigenvalue weighted by Gasteiger charge is 2.30. The van der Waals surface area contributed by atoms with Crippen molar-refractivity contribution in [1.82, 2.24) is 9.80 Å². The molecule has 2 aliphatic carbocycles. The van der Waals surface area contributed by atoms with Crippen molar-refractivity contribution in [3.63, 3.8) is 0 Å². The summed E-state index contributed by atoms with van der Waals surface area (Å²) < 4.78 is 11.1. The van der Waals surface area contributed by atoms with Crippen molar-refractivity contribution in [3.05, 3.63) is 33.4 Å². The fourth-order valence-corrected chi connectivity index (χ4v) is 5.53. The Kier molecular flexibility index (Phi) is 8.05. The van der Waals surface area contributed by atoms with Crippen molar-refractivity contribution in [2.24, 2.45) is 0 Å². The van der Waals surface area contributed by atoms with E-state index in [9.17, 15) is 0 Å². The molecule has 0 saturated carbocycles. The van der Waals surface area contributed by atoms with Gasteiger partial charge in [0.25, 0.3) is 0 Å². The molecule has 0 spiro atoms. The number of halogens is 2. The molecule has 0 unspecified atom stereocenters. The second-order valence-corrected chi connectivity index (χ2v) is 8.36. The van der Waals surface area contributed by atoms with Gasteiger partial charge < -0.3 is 9.47 Å². The molecular formula is C22H34Cl2N2O2. The third kappa shape index (κ3) is 4.38. The number of fused-ring (bicyclic) bond motifs is 2. The smallest absolute Gasteiger partial charge is 0.0594 e. The summed E-state index contributed by atoms with van der Waals surface area (Å²) in [5.41, 5.74) is 10.4. The first kappa shape index (κ1) is 22.3. The van der Waals surface area contributed by atoms with Gasteiger partial charge in [0.2, 0.25) is 0 Å². The molecule has 1 aromatic rings. The molecular weight excluding hydrogens is 395 g/mol. The second kappa shape index (κ2) is 10.1. The monoisotopic (exact) mass is 428 g/mol. The lowest BCUT2D eigenvalue weighted by molar-refractivity contribution is 0.0334. The van der Waals surface area contributed by atoms with Crippen LogP contribution in [0.2, 0.25) is 0 Å². The van der Waals surface area contributed by atoms with Crippen molar-refractivity contribution < 1.29 is 9.47 Å². The maximum Gasteiger partial charge on any atom is 0.0594 e. The predicted molar refractivity (Wildman–Crippen MR) is 117 cm³/mol. The summed E-state index contributed by atoms with van der Waals surface area (Å²) in [6.45, 7) is 10.3. The third-order valence-corrected chi connectivity index (χ3v) is 6.86. The van der Waals surface area contributed by atoms with Gasteiger partial charge in [-0.25, -0.2) is 0 Å². The van der Waals surface area contributed by atoms with Crippen molar-refractivity contribution in [2.45, 2.75) is 51.6 Å². The lowest BCUT2D eigenvalue weighted by Gasteiger charge is -2.31. The summed E-state index contributed by atoms with van der Waals surface area (Å²) in [6.07, 6.45) is 7.92. The summed E-state index contributed by atoms with van der Waals surface area (Å²) >= 11 is 0. The highest BCUT2D eigenvalue weighted by Crippen LogP contribution is 2.40. The molecule has 0 amide bonds. The van der Waals surface area contributed by atoms with Crippen LogP contribution in [0.4, 0.5) is 0 Å². The van der Waals surface area contributed by atoms with E-state index in [1.807, 2.05) is 0 Å². The molecule has 6 heteroatoms. The van der Waals surface area contributed by atoms with E-state index in [0.29, 0.717) is 0 Å². The van der Waals surface area contributed by atoms with Gasteiger partial charge in [-0.2, -0.15) is 0 Å². The number of benzene rings is 1. The molecule has 2 heterocycles. The molecule has 1 aromatic carbocycles. The zero-order valence-corrected chi connectivity index (χ0v) is 18.5. The number of hydrogen-bond acceptors (Lipinski definition) is 4. The van der Waals surface area contributed by atoms with Gasteiger partial charge in [-0.15, -0.1) is 24.8 Å². The molecule has 0 atom stereocenters. The molecule has 0 N–H and O–H groups in total. The van der Waals surface area contributed by atoms with Crippen LogP contribution in [0.1, 0.15) is 46.2 Å². The van der Waals surface area contributed by atoms with Crippen LogP contribution in [0.5, 0.6) is 0 Å². The van der Waals surface area contributed by atoms with Crippen LogP contribution >= 0.6 is 24.8 Å². The molecule has 4 aliphatic rings. The standard InChI is InChI=1S/C22H32N2O2.2ClH/c1-3-17-18(4-1)22(16-24-9-13-26-14-10-24)20-6-2-5-19(20)21(17)15-23-7-11-25-12-8-23;;/h1-16H2;2*1H. The van der Waals surface area contributed by atoms with Crippen molar-refractivity contribution >= 4 is 24.8 Å². The Morgan fingerprint density at radius 3 is 1.18 bits per heavy atom. The Morgan fingerprint density at radius 1 is 0.536 bits per heavy atom. The zero-order chi connectivity index (χ0) is 17.3. The molecule has 28 heavy (non-hydrogen) atoms. The number of rotatable bonds is 4. The van der Waals surface area contributed by atoms with Crippen molar-refractivity contribution in [3.8, 4) is 0 Å². The normalized spacial score (nSPS) is 22.3. The Hall–Kier alpha value is -0.360. The van der Waals surface area contributed by atoms with E-state index in [2.05, 4.69) is 9.80 Å². The summed E-state index contributed by atoms with van der Waals surface area (Å²) in [7, 11) is 0. The predicted octanol–water partition coefficient (Wildman–Crippen LogP) is 3.17. The van der Waals surface area contributed by atoms with Gasteiger partial charge >= 0.3 is 0 Å². The lowest BCUT2D eigenvalue weighted by Crippen LogP contribution is -2.37. The SMILES string of the molecule is C1Cc2c(c(CN3CCOCC3)c3c(c2CN2CCOCC2)CCC3)C1.Cl.Cl. The minimum Gasteiger partial charge on any atom is -0.379 e. The molecule has 2 aliphatic heterocycles. The summed E-state index contributed by atoms with van der Waals surface area (Å²) in [5.74, 6) is 0. The second-order valence-electron chi connectivity index (χ2n) is 8.36. The summed E-state index contributed by atoms with van der Waals surface area (Å²) in [6, 6.07) is 0. The fraction of sp³-hybridized carbons (Fsp3) is 0.727. The van der Waals surface area contributed by atoms with E-state index in [4.69, 9.17) is 9.47 Å². The molecule has 0 bridgehead atoms. The van der Waals surface area contributed by atoms with E-state index in [0.717, 1.165) is 65.7 Å².